The fourth-order valence-corrected chi connectivity index (χ4v) is 7.57. The van der Waals surface area contributed by atoms with Gasteiger partial charge in [0.2, 0.25) is 0 Å². The van der Waals surface area contributed by atoms with Gasteiger partial charge in [-0.05, 0) is 42.0 Å². The van der Waals surface area contributed by atoms with Gasteiger partial charge in [-0.3, -0.25) is 0 Å². The van der Waals surface area contributed by atoms with Crippen LogP contribution in [0.4, 0.5) is 0 Å². The lowest BCUT2D eigenvalue weighted by molar-refractivity contribution is 0.393. The van der Waals surface area contributed by atoms with E-state index in [9.17, 15) is 0 Å². The summed E-state index contributed by atoms with van der Waals surface area (Å²) in [6.07, 6.45) is 1.03. The second-order valence-electron chi connectivity index (χ2n) is 4.95. The normalized spacial score (nSPS) is 17.3. The van der Waals surface area contributed by atoms with Gasteiger partial charge in [-0.15, -0.1) is 35.1 Å². The van der Waals surface area contributed by atoms with E-state index in [0.717, 1.165) is 42.6 Å². The summed E-state index contributed by atoms with van der Waals surface area (Å²) in [7, 11) is 1.78. The van der Waals surface area contributed by atoms with Crippen molar-refractivity contribution in [3.63, 3.8) is 0 Å². The molecule has 1 aliphatic rings. The minimum absolute atomic E-state index is 0.0446. The molecule has 0 aliphatic carbocycles. The Bertz CT molecular complexity index is 480. The fourth-order valence-electron chi connectivity index (χ4n) is 2.72. The molecule has 0 saturated heterocycles. The third-order valence-electron chi connectivity index (χ3n) is 3.50. The molecule has 0 atom stereocenters. The van der Waals surface area contributed by atoms with Crippen LogP contribution in [0.2, 0.25) is 0 Å². The highest BCUT2D eigenvalue weighted by atomic mass is 35.5. The van der Waals surface area contributed by atoms with Crippen molar-refractivity contribution in [1.29, 1.82) is 0 Å². The second-order valence-corrected chi connectivity index (χ2v) is 9.85. The smallest absolute Gasteiger partial charge is 0.125 e. The molecule has 0 bridgehead atoms. The summed E-state index contributed by atoms with van der Waals surface area (Å²) >= 11 is 11.8. The summed E-state index contributed by atoms with van der Waals surface area (Å²) in [6, 6.07) is 6.40. The largest absolute Gasteiger partial charge is 0.496 e. The molecule has 1 aliphatic heterocycles. The zero-order valence-corrected chi connectivity index (χ0v) is 16.6. The quantitative estimate of drug-likeness (QED) is 0.345. The first kappa shape index (κ1) is 18.7. The van der Waals surface area contributed by atoms with Crippen molar-refractivity contribution < 1.29 is 4.74 Å². The Kier molecular flexibility index (Phi) is 7.61. The molecule has 0 aromatic heterocycles. The minimum Gasteiger partial charge on any atom is -0.496 e. The third kappa shape index (κ3) is 4.04. The van der Waals surface area contributed by atoms with Crippen molar-refractivity contribution in [1.82, 2.24) is 4.31 Å². The van der Waals surface area contributed by atoms with Gasteiger partial charge in [0.1, 0.15) is 9.83 Å². The summed E-state index contributed by atoms with van der Waals surface area (Å²) in [4.78, 5) is 1.32. The van der Waals surface area contributed by atoms with Gasteiger partial charge >= 0.3 is 0 Å². The number of ether oxygens (including phenoxy) is 1. The maximum atomic E-state index is 5.90. The maximum Gasteiger partial charge on any atom is 0.125 e. The molecule has 0 N–H and O–H groups in total. The lowest BCUT2D eigenvalue weighted by Crippen LogP contribution is -2.38. The molecule has 0 fully saturated rings. The minimum atomic E-state index is 0.0446. The average molecular weight is 378 g/mol. The molecular weight excluding hydrogens is 354 g/mol. The van der Waals surface area contributed by atoms with Gasteiger partial charge in [0.25, 0.3) is 0 Å². The Hall–Kier alpha value is 0.320. The first-order valence-corrected chi connectivity index (χ1v) is 10.9. The number of rotatable bonds is 8. The van der Waals surface area contributed by atoms with Crippen molar-refractivity contribution >= 4 is 47.1 Å². The molecule has 0 saturated carbocycles. The summed E-state index contributed by atoms with van der Waals surface area (Å²) < 4.78 is 8.21. The third-order valence-corrected chi connectivity index (χ3v) is 7.75. The molecule has 1 heterocycles. The number of methoxy groups -OCH3 is 1. The summed E-state index contributed by atoms with van der Waals surface area (Å²) in [5, 5.41) is 0. The number of alkyl halides is 1. The van der Waals surface area contributed by atoms with Crippen LogP contribution in [-0.2, 0) is 4.08 Å². The van der Waals surface area contributed by atoms with Crippen LogP contribution < -0.4 is 4.74 Å². The van der Waals surface area contributed by atoms with Gasteiger partial charge < -0.3 is 4.74 Å². The van der Waals surface area contributed by atoms with Crippen molar-refractivity contribution in [2.45, 2.75) is 29.2 Å². The molecule has 0 radical (unpaired) electrons. The maximum absolute atomic E-state index is 5.90. The van der Waals surface area contributed by atoms with Crippen LogP contribution in [0.15, 0.2) is 23.1 Å². The topological polar surface area (TPSA) is 12.5 Å². The van der Waals surface area contributed by atoms with E-state index in [-0.39, 0.29) is 4.08 Å². The molecule has 22 heavy (non-hydrogen) atoms. The molecule has 6 heteroatoms. The van der Waals surface area contributed by atoms with E-state index >= 15 is 0 Å². The first-order chi connectivity index (χ1) is 10.7. The van der Waals surface area contributed by atoms with Gasteiger partial charge in [-0.25, -0.2) is 4.31 Å². The van der Waals surface area contributed by atoms with Crippen LogP contribution >= 0.6 is 47.1 Å². The standard InChI is InChI=1S/C16H24ClNOS3/c1-4-20-16(21-5-2)12-18(11-7-10-17)22-14-9-6-8-13(19-3)15(14)16/h6,8-9H,4-5,7,10-12H2,1-3H3. The van der Waals surface area contributed by atoms with Crippen molar-refractivity contribution in [2.24, 2.45) is 0 Å². The second kappa shape index (κ2) is 8.97. The summed E-state index contributed by atoms with van der Waals surface area (Å²) in [6.45, 7) is 6.53. The van der Waals surface area contributed by atoms with E-state index in [1.807, 2.05) is 35.5 Å². The lowest BCUT2D eigenvalue weighted by Gasteiger charge is -2.43. The van der Waals surface area contributed by atoms with Crippen LogP contribution in [0.3, 0.4) is 0 Å². The van der Waals surface area contributed by atoms with E-state index in [4.69, 9.17) is 16.3 Å². The highest BCUT2D eigenvalue weighted by molar-refractivity contribution is 8.17. The molecule has 0 amide bonds. The van der Waals surface area contributed by atoms with E-state index < -0.39 is 0 Å². The van der Waals surface area contributed by atoms with Crippen molar-refractivity contribution in [3.05, 3.63) is 23.8 Å². The number of hydrogen-bond acceptors (Lipinski definition) is 5. The lowest BCUT2D eigenvalue weighted by atomic mass is 10.1. The molecule has 124 valence electrons. The van der Waals surface area contributed by atoms with E-state index in [2.05, 4.69) is 36.4 Å². The average Bonchev–Trinajstić information content (AvgIpc) is 2.52. The Morgan fingerprint density at radius 1 is 1.32 bits per heavy atom. The zero-order valence-electron chi connectivity index (χ0n) is 13.4. The van der Waals surface area contributed by atoms with Crippen LogP contribution in [0, 0.1) is 0 Å². The monoisotopic (exact) mass is 377 g/mol. The van der Waals surface area contributed by atoms with Crippen LogP contribution in [0.25, 0.3) is 0 Å². The molecule has 1 aromatic rings. The molecular formula is C16H24ClNOS3. The van der Waals surface area contributed by atoms with Crippen LogP contribution in [-0.4, -0.2) is 41.9 Å². The van der Waals surface area contributed by atoms with Crippen molar-refractivity contribution in [3.8, 4) is 5.75 Å². The highest BCUT2D eigenvalue weighted by Gasteiger charge is 2.42. The number of hydrogen-bond donors (Lipinski definition) is 0. The van der Waals surface area contributed by atoms with E-state index in [1.54, 1.807) is 7.11 Å². The summed E-state index contributed by atoms with van der Waals surface area (Å²) in [5.74, 6) is 3.93. The van der Waals surface area contributed by atoms with Gasteiger partial charge in [0.05, 0.1) is 7.11 Å². The Morgan fingerprint density at radius 3 is 2.64 bits per heavy atom. The zero-order chi connectivity index (χ0) is 16.0. The fraction of sp³-hybridized carbons (Fsp3) is 0.625. The van der Waals surface area contributed by atoms with Crippen molar-refractivity contribution in [2.75, 3.05) is 37.6 Å². The molecule has 2 rings (SSSR count). The SMILES string of the molecule is CCSC1(SCC)CN(CCCCl)Sc2cccc(OC)c21. The number of thioether (sulfide) groups is 2. The van der Waals surface area contributed by atoms with E-state index in [1.165, 1.54) is 10.5 Å². The number of fused-ring (bicyclic) bond motifs is 1. The predicted molar refractivity (Wildman–Crippen MR) is 104 cm³/mol. The number of halogens is 1. The Labute approximate surface area is 152 Å². The molecule has 1 aromatic carbocycles. The van der Waals surface area contributed by atoms with Gasteiger partial charge in [0, 0.05) is 29.4 Å². The van der Waals surface area contributed by atoms with Gasteiger partial charge in [-0.1, -0.05) is 19.9 Å². The summed E-state index contributed by atoms with van der Waals surface area (Å²) in [5.41, 5.74) is 1.36. The molecule has 2 nitrogen and oxygen atoms in total. The molecule has 0 spiro atoms. The molecule has 0 unspecified atom stereocenters. The Morgan fingerprint density at radius 2 is 2.05 bits per heavy atom. The number of benzene rings is 1. The highest BCUT2D eigenvalue weighted by Crippen LogP contribution is 2.57. The van der Waals surface area contributed by atoms with Crippen LogP contribution in [0.5, 0.6) is 5.75 Å². The van der Waals surface area contributed by atoms with Crippen LogP contribution in [0.1, 0.15) is 25.8 Å². The predicted octanol–water partition coefficient (Wildman–Crippen LogP) is 5.31. The van der Waals surface area contributed by atoms with Gasteiger partial charge in [0.15, 0.2) is 0 Å². The Balaban J connectivity index is 2.44. The van der Waals surface area contributed by atoms with E-state index in [0.29, 0.717) is 0 Å². The number of nitrogens with zero attached hydrogens (tertiary/aromatic N) is 1. The first-order valence-electron chi connectivity index (χ1n) is 7.65. The van der Waals surface area contributed by atoms with Gasteiger partial charge in [-0.2, -0.15) is 0 Å².